The highest BCUT2D eigenvalue weighted by molar-refractivity contribution is 5.50. The SMILES string of the molecule is C=Cc1ccncc1CCN. The van der Waals surface area contributed by atoms with Crippen LogP contribution in [0.15, 0.2) is 25.0 Å². The minimum atomic E-state index is 0.659. The van der Waals surface area contributed by atoms with Crippen molar-refractivity contribution < 1.29 is 0 Å². The molecule has 0 aliphatic rings. The first-order chi connectivity index (χ1) is 5.38. The van der Waals surface area contributed by atoms with E-state index in [-0.39, 0.29) is 0 Å². The Labute approximate surface area is 66.8 Å². The molecule has 0 saturated carbocycles. The summed E-state index contributed by atoms with van der Waals surface area (Å²) >= 11 is 0. The maximum Gasteiger partial charge on any atom is 0.0306 e. The molecule has 1 heterocycles. The molecule has 0 saturated heterocycles. The fraction of sp³-hybridized carbons (Fsp3) is 0.222. The zero-order valence-electron chi connectivity index (χ0n) is 6.46. The zero-order chi connectivity index (χ0) is 8.10. The maximum absolute atomic E-state index is 5.42. The second-order valence-corrected chi connectivity index (χ2v) is 2.32. The largest absolute Gasteiger partial charge is 0.330 e. The number of aromatic nitrogens is 1. The van der Waals surface area contributed by atoms with Crippen LogP contribution < -0.4 is 5.73 Å². The third-order valence-corrected chi connectivity index (χ3v) is 1.57. The third kappa shape index (κ3) is 1.88. The molecular formula is C9H12N2. The standard InChI is InChI=1S/C9H12N2/c1-2-8-4-6-11-7-9(8)3-5-10/h2,4,6-7H,1,3,5,10H2. The first-order valence-corrected chi connectivity index (χ1v) is 3.64. The summed E-state index contributed by atoms with van der Waals surface area (Å²) in [6, 6.07) is 1.94. The van der Waals surface area contributed by atoms with Gasteiger partial charge in [0.2, 0.25) is 0 Å². The van der Waals surface area contributed by atoms with Crippen LogP contribution in [-0.2, 0) is 6.42 Å². The summed E-state index contributed by atoms with van der Waals surface area (Å²) in [5.41, 5.74) is 7.72. The van der Waals surface area contributed by atoms with E-state index >= 15 is 0 Å². The smallest absolute Gasteiger partial charge is 0.0306 e. The fourth-order valence-corrected chi connectivity index (χ4v) is 1.00. The summed E-state index contributed by atoms with van der Waals surface area (Å²) in [5.74, 6) is 0. The molecule has 0 aliphatic carbocycles. The van der Waals surface area contributed by atoms with Crippen molar-refractivity contribution in [2.75, 3.05) is 6.54 Å². The van der Waals surface area contributed by atoms with Gasteiger partial charge in [-0.05, 0) is 30.2 Å². The number of hydrogen-bond acceptors (Lipinski definition) is 2. The highest BCUT2D eigenvalue weighted by atomic mass is 14.6. The molecule has 11 heavy (non-hydrogen) atoms. The van der Waals surface area contributed by atoms with E-state index in [4.69, 9.17) is 5.73 Å². The van der Waals surface area contributed by atoms with Crippen molar-refractivity contribution in [1.29, 1.82) is 0 Å². The van der Waals surface area contributed by atoms with Gasteiger partial charge < -0.3 is 5.73 Å². The highest BCUT2D eigenvalue weighted by Crippen LogP contribution is 2.07. The molecule has 1 rings (SSSR count). The van der Waals surface area contributed by atoms with Crippen molar-refractivity contribution in [2.24, 2.45) is 5.73 Å². The molecule has 0 amide bonds. The lowest BCUT2D eigenvalue weighted by atomic mass is 10.1. The lowest BCUT2D eigenvalue weighted by Gasteiger charge is -2.01. The van der Waals surface area contributed by atoms with Gasteiger partial charge in [0.05, 0.1) is 0 Å². The molecule has 2 heteroatoms. The molecular weight excluding hydrogens is 136 g/mol. The predicted molar refractivity (Wildman–Crippen MR) is 47.1 cm³/mol. The number of hydrogen-bond donors (Lipinski definition) is 1. The van der Waals surface area contributed by atoms with E-state index in [1.165, 1.54) is 5.56 Å². The van der Waals surface area contributed by atoms with Gasteiger partial charge in [-0.3, -0.25) is 4.98 Å². The molecule has 2 N–H and O–H groups in total. The second-order valence-electron chi connectivity index (χ2n) is 2.32. The molecule has 0 aliphatic heterocycles. The molecule has 0 fully saturated rings. The van der Waals surface area contributed by atoms with Crippen LogP contribution in [0, 0.1) is 0 Å². The lowest BCUT2D eigenvalue weighted by Crippen LogP contribution is -2.04. The quantitative estimate of drug-likeness (QED) is 0.700. The van der Waals surface area contributed by atoms with Crippen molar-refractivity contribution in [3.05, 3.63) is 36.2 Å². The summed E-state index contributed by atoms with van der Waals surface area (Å²) in [5, 5.41) is 0. The minimum absolute atomic E-state index is 0.659. The third-order valence-electron chi connectivity index (χ3n) is 1.57. The van der Waals surface area contributed by atoms with Crippen LogP contribution in [0.3, 0.4) is 0 Å². The molecule has 58 valence electrons. The lowest BCUT2D eigenvalue weighted by molar-refractivity contribution is 0.955. The van der Waals surface area contributed by atoms with Crippen molar-refractivity contribution in [3.8, 4) is 0 Å². The Morgan fingerprint density at radius 3 is 3.09 bits per heavy atom. The zero-order valence-corrected chi connectivity index (χ0v) is 6.46. The van der Waals surface area contributed by atoms with E-state index < -0.39 is 0 Å². The molecule has 1 aromatic heterocycles. The Morgan fingerprint density at radius 1 is 1.64 bits per heavy atom. The summed E-state index contributed by atoms with van der Waals surface area (Å²) in [7, 11) is 0. The number of nitrogens with two attached hydrogens (primary N) is 1. The van der Waals surface area contributed by atoms with Gasteiger partial charge >= 0.3 is 0 Å². The van der Waals surface area contributed by atoms with Crippen LogP contribution >= 0.6 is 0 Å². The topological polar surface area (TPSA) is 38.9 Å². The first-order valence-electron chi connectivity index (χ1n) is 3.64. The highest BCUT2D eigenvalue weighted by Gasteiger charge is 1.95. The predicted octanol–water partition coefficient (Wildman–Crippen LogP) is 1.23. The van der Waals surface area contributed by atoms with Gasteiger partial charge in [-0.25, -0.2) is 0 Å². The average Bonchev–Trinajstić information content (AvgIpc) is 2.06. The van der Waals surface area contributed by atoms with Gasteiger partial charge in [0, 0.05) is 12.4 Å². The van der Waals surface area contributed by atoms with Crippen LogP contribution in [-0.4, -0.2) is 11.5 Å². The summed E-state index contributed by atoms with van der Waals surface area (Å²) < 4.78 is 0. The van der Waals surface area contributed by atoms with Gasteiger partial charge in [0.15, 0.2) is 0 Å². The molecule has 1 aromatic rings. The Kier molecular flexibility index (Phi) is 2.81. The van der Waals surface area contributed by atoms with Gasteiger partial charge in [0.1, 0.15) is 0 Å². The molecule has 2 nitrogen and oxygen atoms in total. The molecule has 0 spiro atoms. The Balaban J connectivity index is 2.92. The van der Waals surface area contributed by atoms with E-state index in [1.54, 1.807) is 6.20 Å². The summed E-state index contributed by atoms with van der Waals surface area (Å²) in [6.45, 7) is 4.36. The van der Waals surface area contributed by atoms with Crippen molar-refractivity contribution in [2.45, 2.75) is 6.42 Å². The normalized spacial score (nSPS) is 9.55. The van der Waals surface area contributed by atoms with Gasteiger partial charge in [-0.15, -0.1) is 0 Å². The molecule has 0 radical (unpaired) electrons. The van der Waals surface area contributed by atoms with E-state index in [0.29, 0.717) is 6.54 Å². The molecule has 0 atom stereocenters. The summed E-state index contributed by atoms with van der Waals surface area (Å²) in [6.07, 6.45) is 6.29. The monoisotopic (exact) mass is 148 g/mol. The van der Waals surface area contributed by atoms with Crippen molar-refractivity contribution >= 4 is 6.08 Å². The van der Waals surface area contributed by atoms with E-state index in [1.807, 2.05) is 18.3 Å². The first kappa shape index (κ1) is 7.95. The van der Waals surface area contributed by atoms with Gasteiger partial charge in [-0.2, -0.15) is 0 Å². The second kappa shape index (κ2) is 3.88. The van der Waals surface area contributed by atoms with Crippen molar-refractivity contribution in [3.63, 3.8) is 0 Å². The average molecular weight is 148 g/mol. The van der Waals surface area contributed by atoms with E-state index in [0.717, 1.165) is 12.0 Å². The Hall–Kier alpha value is -1.15. The number of nitrogens with zero attached hydrogens (tertiary/aromatic N) is 1. The van der Waals surface area contributed by atoms with Gasteiger partial charge in [0.25, 0.3) is 0 Å². The molecule has 0 unspecified atom stereocenters. The number of pyridine rings is 1. The minimum Gasteiger partial charge on any atom is -0.330 e. The summed E-state index contributed by atoms with van der Waals surface area (Å²) in [4.78, 5) is 4.01. The fourth-order valence-electron chi connectivity index (χ4n) is 1.00. The Morgan fingerprint density at radius 2 is 2.45 bits per heavy atom. The van der Waals surface area contributed by atoms with Crippen molar-refractivity contribution in [1.82, 2.24) is 4.98 Å². The Bertz CT molecular complexity index is 243. The van der Waals surface area contributed by atoms with Crippen LogP contribution in [0.1, 0.15) is 11.1 Å². The van der Waals surface area contributed by atoms with Gasteiger partial charge in [-0.1, -0.05) is 12.7 Å². The maximum atomic E-state index is 5.42. The van der Waals surface area contributed by atoms with Crippen LogP contribution in [0.4, 0.5) is 0 Å². The molecule has 0 aromatic carbocycles. The van der Waals surface area contributed by atoms with Crippen LogP contribution in [0.25, 0.3) is 6.08 Å². The van der Waals surface area contributed by atoms with E-state index in [2.05, 4.69) is 11.6 Å². The molecule has 0 bridgehead atoms. The number of rotatable bonds is 3. The van der Waals surface area contributed by atoms with E-state index in [9.17, 15) is 0 Å². The van der Waals surface area contributed by atoms with Crippen LogP contribution in [0.2, 0.25) is 0 Å². The van der Waals surface area contributed by atoms with Crippen LogP contribution in [0.5, 0.6) is 0 Å².